The second kappa shape index (κ2) is 3.36. The third-order valence-corrected chi connectivity index (χ3v) is 1.93. The van der Waals surface area contributed by atoms with Crippen molar-refractivity contribution in [3.63, 3.8) is 0 Å². The molecule has 5 heteroatoms. The second-order valence-corrected chi connectivity index (χ2v) is 3.07. The molecule has 78 valence electrons. The molecule has 1 aromatic carbocycles. The van der Waals surface area contributed by atoms with E-state index in [-0.39, 0.29) is 5.56 Å². The minimum absolute atomic E-state index is 0.200. The van der Waals surface area contributed by atoms with Gasteiger partial charge in [0.15, 0.2) is 0 Å². The number of benzene rings is 1. The highest BCUT2D eigenvalue weighted by atomic mass is 16.8. The molecule has 1 heterocycles. The van der Waals surface area contributed by atoms with E-state index in [1.807, 2.05) is 0 Å². The fourth-order valence-corrected chi connectivity index (χ4v) is 1.29. The van der Waals surface area contributed by atoms with E-state index in [0.29, 0.717) is 0 Å². The zero-order valence-corrected chi connectivity index (χ0v) is 7.67. The number of aliphatic hydroxyl groups is 1. The van der Waals surface area contributed by atoms with Gasteiger partial charge in [-0.1, -0.05) is 18.2 Å². The largest absolute Gasteiger partial charge is 0.403 e. The summed E-state index contributed by atoms with van der Waals surface area (Å²) in [6.45, 7) is 0. The summed E-state index contributed by atoms with van der Waals surface area (Å²) in [6, 6.07) is 7.96. The SMILES string of the molecule is O=C1CC(=O)OC(O)(c2ccccc2)O1. The molecule has 0 spiro atoms. The van der Waals surface area contributed by atoms with Crippen LogP contribution in [0.15, 0.2) is 30.3 Å². The lowest BCUT2D eigenvalue weighted by atomic mass is 10.2. The van der Waals surface area contributed by atoms with Crippen molar-refractivity contribution in [2.75, 3.05) is 0 Å². The maximum Gasteiger partial charge on any atom is 0.403 e. The first-order valence-corrected chi connectivity index (χ1v) is 4.32. The van der Waals surface area contributed by atoms with Crippen molar-refractivity contribution in [1.29, 1.82) is 0 Å². The molecule has 1 fully saturated rings. The Balaban J connectivity index is 2.34. The number of hydrogen-bond acceptors (Lipinski definition) is 5. The van der Waals surface area contributed by atoms with Gasteiger partial charge >= 0.3 is 17.9 Å². The third kappa shape index (κ3) is 1.82. The zero-order valence-electron chi connectivity index (χ0n) is 7.67. The van der Waals surface area contributed by atoms with E-state index >= 15 is 0 Å². The quantitative estimate of drug-likeness (QED) is 0.530. The van der Waals surface area contributed by atoms with Gasteiger partial charge in [0.1, 0.15) is 6.42 Å². The predicted octanol–water partition coefficient (Wildman–Crippen LogP) is 0.279. The molecule has 1 aliphatic heterocycles. The van der Waals surface area contributed by atoms with E-state index in [0.717, 1.165) is 0 Å². The lowest BCUT2D eigenvalue weighted by Gasteiger charge is -2.30. The van der Waals surface area contributed by atoms with Crippen LogP contribution in [0.1, 0.15) is 12.0 Å². The van der Waals surface area contributed by atoms with Crippen LogP contribution in [0, 0.1) is 0 Å². The zero-order chi connectivity index (χ0) is 10.9. The number of cyclic esters (lactones) is 2. The van der Waals surface area contributed by atoms with Crippen LogP contribution in [0.4, 0.5) is 0 Å². The molecule has 0 aromatic heterocycles. The highest BCUT2D eigenvalue weighted by molar-refractivity contribution is 5.93. The number of hydrogen-bond donors (Lipinski definition) is 1. The summed E-state index contributed by atoms with van der Waals surface area (Å²) in [4.78, 5) is 22.0. The molecule has 0 amide bonds. The van der Waals surface area contributed by atoms with Gasteiger partial charge in [-0.2, -0.15) is 0 Å². The van der Waals surface area contributed by atoms with E-state index in [1.165, 1.54) is 12.1 Å². The van der Waals surface area contributed by atoms with E-state index in [2.05, 4.69) is 9.47 Å². The van der Waals surface area contributed by atoms with Crippen molar-refractivity contribution in [1.82, 2.24) is 0 Å². The number of carbonyl (C=O) groups excluding carboxylic acids is 2. The summed E-state index contributed by atoms with van der Waals surface area (Å²) in [6.07, 6.45) is -0.477. The first-order valence-electron chi connectivity index (χ1n) is 4.32. The van der Waals surface area contributed by atoms with Crippen molar-refractivity contribution < 1.29 is 24.2 Å². The molecule has 0 radical (unpaired) electrons. The van der Waals surface area contributed by atoms with E-state index in [4.69, 9.17) is 0 Å². The Morgan fingerprint density at radius 1 is 1.07 bits per heavy atom. The van der Waals surface area contributed by atoms with Crippen molar-refractivity contribution in [3.05, 3.63) is 35.9 Å². The normalized spacial score (nSPS) is 19.3. The van der Waals surface area contributed by atoms with Gasteiger partial charge in [-0.25, -0.2) is 0 Å². The first kappa shape index (κ1) is 9.67. The maximum atomic E-state index is 11.0. The molecule has 1 aliphatic rings. The molecule has 0 aliphatic carbocycles. The fourth-order valence-electron chi connectivity index (χ4n) is 1.29. The van der Waals surface area contributed by atoms with Crippen LogP contribution in [0.25, 0.3) is 0 Å². The third-order valence-electron chi connectivity index (χ3n) is 1.93. The van der Waals surface area contributed by atoms with Crippen LogP contribution in [-0.2, 0) is 25.0 Å². The van der Waals surface area contributed by atoms with Crippen LogP contribution in [0.2, 0.25) is 0 Å². The Bertz CT molecular complexity index is 382. The van der Waals surface area contributed by atoms with Crippen molar-refractivity contribution in [3.8, 4) is 0 Å². The molecule has 1 saturated heterocycles. The highest BCUT2D eigenvalue weighted by Gasteiger charge is 2.43. The molecule has 15 heavy (non-hydrogen) atoms. The summed E-state index contributed by atoms with van der Waals surface area (Å²) in [5.41, 5.74) is 0.200. The van der Waals surface area contributed by atoms with Gasteiger partial charge in [-0.05, 0) is 12.1 Å². The van der Waals surface area contributed by atoms with Gasteiger partial charge in [0.05, 0.1) is 5.56 Å². The molecule has 0 unspecified atom stereocenters. The van der Waals surface area contributed by atoms with E-state index < -0.39 is 24.3 Å². The van der Waals surface area contributed by atoms with Crippen LogP contribution in [0.5, 0.6) is 0 Å². The summed E-state index contributed by atoms with van der Waals surface area (Å²) in [5, 5.41) is 9.80. The Morgan fingerprint density at radius 3 is 2.13 bits per heavy atom. The smallest absolute Gasteiger partial charge is 0.394 e. The summed E-state index contributed by atoms with van der Waals surface area (Å²) >= 11 is 0. The average molecular weight is 208 g/mol. The topological polar surface area (TPSA) is 72.8 Å². The molecule has 2 rings (SSSR count). The lowest BCUT2D eigenvalue weighted by molar-refractivity contribution is -0.345. The van der Waals surface area contributed by atoms with Gasteiger partial charge in [0.2, 0.25) is 0 Å². The molecule has 0 saturated carbocycles. The van der Waals surface area contributed by atoms with Crippen molar-refractivity contribution in [2.45, 2.75) is 12.4 Å². The van der Waals surface area contributed by atoms with Gasteiger partial charge in [0.25, 0.3) is 0 Å². The molecule has 5 nitrogen and oxygen atoms in total. The maximum absolute atomic E-state index is 11.0. The molecule has 1 aromatic rings. The Hall–Kier alpha value is -1.88. The minimum Gasteiger partial charge on any atom is -0.394 e. The number of carbonyl (C=O) groups is 2. The molecule has 1 N–H and O–H groups in total. The Morgan fingerprint density at radius 2 is 1.60 bits per heavy atom. The predicted molar refractivity (Wildman–Crippen MR) is 47.1 cm³/mol. The highest BCUT2D eigenvalue weighted by Crippen LogP contribution is 2.28. The summed E-state index contributed by atoms with van der Waals surface area (Å²) < 4.78 is 9.21. The lowest BCUT2D eigenvalue weighted by Crippen LogP contribution is -2.42. The molecular formula is C10H8O5. The van der Waals surface area contributed by atoms with Gasteiger partial charge in [-0.3, -0.25) is 9.59 Å². The number of ether oxygens (including phenoxy) is 2. The van der Waals surface area contributed by atoms with E-state index in [9.17, 15) is 14.7 Å². The van der Waals surface area contributed by atoms with Crippen LogP contribution in [0.3, 0.4) is 0 Å². The minimum atomic E-state index is -2.28. The van der Waals surface area contributed by atoms with Crippen LogP contribution < -0.4 is 0 Å². The number of esters is 2. The van der Waals surface area contributed by atoms with Gasteiger partial charge in [-0.15, -0.1) is 0 Å². The van der Waals surface area contributed by atoms with Crippen LogP contribution in [-0.4, -0.2) is 17.0 Å². The number of rotatable bonds is 1. The molecular weight excluding hydrogens is 200 g/mol. The Kier molecular flexibility index (Phi) is 2.17. The van der Waals surface area contributed by atoms with Gasteiger partial charge < -0.3 is 14.6 Å². The van der Waals surface area contributed by atoms with Crippen molar-refractivity contribution >= 4 is 11.9 Å². The standard InChI is InChI=1S/C10H8O5/c11-8-6-9(12)15-10(13,14-8)7-4-2-1-3-5-7/h1-5,13H,6H2. The average Bonchev–Trinajstić information content (AvgIpc) is 2.17. The van der Waals surface area contributed by atoms with E-state index in [1.54, 1.807) is 18.2 Å². The van der Waals surface area contributed by atoms with Gasteiger partial charge in [0, 0.05) is 0 Å². The second-order valence-electron chi connectivity index (χ2n) is 3.07. The fraction of sp³-hybridized carbons (Fsp3) is 0.200. The van der Waals surface area contributed by atoms with Crippen LogP contribution >= 0.6 is 0 Å². The summed E-state index contributed by atoms with van der Waals surface area (Å²) in [5.74, 6) is -3.90. The Labute approximate surface area is 85.2 Å². The first-order chi connectivity index (χ1) is 7.10. The van der Waals surface area contributed by atoms with Crippen molar-refractivity contribution in [2.24, 2.45) is 0 Å². The molecule has 0 atom stereocenters. The molecule has 0 bridgehead atoms. The summed E-state index contributed by atoms with van der Waals surface area (Å²) in [7, 11) is 0. The monoisotopic (exact) mass is 208 g/mol.